The molecule has 3 fully saturated rings. The molecule has 0 spiro atoms. The maximum absolute atomic E-state index is 11.5. The first-order valence-electron chi connectivity index (χ1n) is 7.87. The molecule has 2 bridgehead atoms. The largest absolute Gasteiger partial charge is 0.490 e. The summed E-state index contributed by atoms with van der Waals surface area (Å²) in [5.74, 6) is -0.646. The van der Waals surface area contributed by atoms with Gasteiger partial charge in [0.25, 0.3) is 0 Å². The highest BCUT2D eigenvalue weighted by Gasteiger charge is 2.61. The van der Waals surface area contributed by atoms with E-state index in [-0.39, 0.29) is 22.7 Å². The number of hydrogen-bond acceptors (Lipinski definition) is 4. The van der Waals surface area contributed by atoms with Gasteiger partial charge in [-0.1, -0.05) is 0 Å². The summed E-state index contributed by atoms with van der Waals surface area (Å²) in [6, 6.07) is 1.71. The van der Waals surface area contributed by atoms with Crippen molar-refractivity contribution in [2.45, 2.75) is 50.7 Å². The third-order valence-corrected chi connectivity index (χ3v) is 4.81. The van der Waals surface area contributed by atoms with E-state index in [0.717, 1.165) is 18.5 Å². The summed E-state index contributed by atoms with van der Waals surface area (Å²) in [6.07, 6.45) is 5.36. The number of hydrogen-bond donors (Lipinski definition) is 1. The van der Waals surface area contributed by atoms with Gasteiger partial charge < -0.3 is 19.0 Å². The van der Waals surface area contributed by atoms with Crippen molar-refractivity contribution in [2.24, 2.45) is 0 Å². The van der Waals surface area contributed by atoms with E-state index in [2.05, 4.69) is 6.92 Å². The van der Waals surface area contributed by atoms with E-state index < -0.39 is 5.97 Å². The maximum atomic E-state index is 11.5. The number of carboxylic acids is 1. The molecule has 0 amide bonds. The molecule has 1 aliphatic carbocycles. The summed E-state index contributed by atoms with van der Waals surface area (Å²) in [6.45, 7) is 6.56. The number of fused-ring (bicyclic) bond motifs is 2. The van der Waals surface area contributed by atoms with Crippen LogP contribution in [-0.4, -0.2) is 38.8 Å². The lowest BCUT2D eigenvalue weighted by atomic mass is 9.62. The van der Waals surface area contributed by atoms with Gasteiger partial charge in [-0.15, -0.1) is 0 Å². The van der Waals surface area contributed by atoms with Gasteiger partial charge in [0.1, 0.15) is 17.0 Å². The minimum atomic E-state index is -1.00. The van der Waals surface area contributed by atoms with Gasteiger partial charge in [-0.3, -0.25) is 0 Å². The number of imidazole rings is 1. The normalized spacial score (nSPS) is 29.0. The third-order valence-electron chi connectivity index (χ3n) is 4.81. The van der Waals surface area contributed by atoms with Gasteiger partial charge in [-0.05, 0) is 33.6 Å². The molecule has 0 unspecified atom stereocenters. The predicted molar refractivity (Wildman–Crippen MR) is 83.2 cm³/mol. The second-order valence-corrected chi connectivity index (χ2v) is 7.29. The predicted octanol–water partition coefficient (Wildman–Crippen LogP) is 2.64. The molecule has 0 atom stereocenters. The van der Waals surface area contributed by atoms with Crippen molar-refractivity contribution in [1.82, 2.24) is 9.38 Å². The quantitative estimate of drug-likeness (QED) is 0.938. The first kappa shape index (κ1) is 14.5. The highest BCUT2D eigenvalue weighted by molar-refractivity contribution is 5.91. The molecule has 5 rings (SSSR count). The summed E-state index contributed by atoms with van der Waals surface area (Å²) >= 11 is 0. The van der Waals surface area contributed by atoms with Crippen LogP contribution in [0.4, 0.5) is 0 Å². The first-order valence-corrected chi connectivity index (χ1v) is 7.87. The molecular formula is C17H20N2O4. The van der Waals surface area contributed by atoms with Crippen LogP contribution in [0.2, 0.25) is 0 Å². The summed E-state index contributed by atoms with van der Waals surface area (Å²) in [5.41, 5.74) is 1.81. The zero-order valence-corrected chi connectivity index (χ0v) is 13.5. The smallest absolute Gasteiger partial charge is 0.341 e. The first-order chi connectivity index (χ1) is 10.8. The molecule has 0 aromatic carbocycles. The Labute approximate surface area is 134 Å². The van der Waals surface area contributed by atoms with Crippen molar-refractivity contribution < 1.29 is 19.4 Å². The van der Waals surface area contributed by atoms with Crippen molar-refractivity contribution in [3.63, 3.8) is 0 Å². The van der Waals surface area contributed by atoms with Crippen LogP contribution >= 0.6 is 0 Å². The van der Waals surface area contributed by atoms with Crippen molar-refractivity contribution >= 4 is 11.6 Å². The molecule has 2 aromatic heterocycles. The van der Waals surface area contributed by atoms with Crippen LogP contribution in [0.15, 0.2) is 18.5 Å². The Balaban J connectivity index is 1.78. The number of nitrogens with zero attached hydrogens (tertiary/aromatic N) is 2. The minimum absolute atomic E-state index is 0.00601. The number of rotatable bonds is 4. The molecular weight excluding hydrogens is 296 g/mol. The SMILES string of the molecule is CC(C)Oc1cc2nc(C34COC(C)(C3)C4)cn2cc1C(=O)O. The number of carbonyl (C=O) groups is 1. The van der Waals surface area contributed by atoms with Crippen molar-refractivity contribution in [2.75, 3.05) is 6.61 Å². The minimum Gasteiger partial charge on any atom is -0.490 e. The fraction of sp³-hybridized carbons (Fsp3) is 0.529. The summed E-state index contributed by atoms with van der Waals surface area (Å²) in [5, 5.41) is 9.42. The molecule has 0 radical (unpaired) electrons. The van der Waals surface area contributed by atoms with E-state index in [0.29, 0.717) is 18.0 Å². The topological polar surface area (TPSA) is 73.1 Å². The van der Waals surface area contributed by atoms with Gasteiger partial charge in [0.05, 0.1) is 24.0 Å². The average molecular weight is 316 g/mol. The number of aromatic nitrogens is 2. The van der Waals surface area contributed by atoms with Crippen LogP contribution in [0.5, 0.6) is 5.75 Å². The van der Waals surface area contributed by atoms with E-state index in [9.17, 15) is 9.90 Å². The zero-order valence-electron chi connectivity index (χ0n) is 13.5. The van der Waals surface area contributed by atoms with E-state index in [1.807, 2.05) is 20.0 Å². The highest BCUT2D eigenvalue weighted by Crippen LogP contribution is 2.58. The summed E-state index contributed by atoms with van der Waals surface area (Å²) in [7, 11) is 0. The van der Waals surface area contributed by atoms with Crippen LogP contribution in [-0.2, 0) is 10.2 Å². The number of ether oxygens (including phenoxy) is 2. The van der Waals surface area contributed by atoms with E-state index in [4.69, 9.17) is 14.5 Å². The molecule has 3 aliphatic rings. The standard InChI is InChI=1S/C17H20N2O4/c1-10(2)23-12-4-14-18-13(6-19(14)5-11(12)15(20)21)17-7-16(3,8-17)22-9-17/h4-6,10H,7-9H2,1-3H3,(H,20,21). The molecule has 23 heavy (non-hydrogen) atoms. The Morgan fingerprint density at radius 1 is 1.43 bits per heavy atom. The van der Waals surface area contributed by atoms with Crippen LogP contribution < -0.4 is 4.74 Å². The van der Waals surface area contributed by atoms with Crippen molar-refractivity contribution in [3.05, 3.63) is 29.7 Å². The lowest BCUT2D eigenvalue weighted by Gasteiger charge is -2.41. The average Bonchev–Trinajstić information content (AvgIpc) is 3.06. The Kier molecular flexibility index (Phi) is 2.82. The Morgan fingerprint density at radius 3 is 2.74 bits per heavy atom. The number of aromatic carboxylic acids is 1. The van der Waals surface area contributed by atoms with Crippen LogP contribution in [0.1, 0.15) is 49.7 Å². The maximum Gasteiger partial charge on any atom is 0.341 e. The zero-order chi connectivity index (χ0) is 16.4. The van der Waals surface area contributed by atoms with Crippen molar-refractivity contribution in [3.8, 4) is 5.75 Å². The van der Waals surface area contributed by atoms with Crippen LogP contribution in [0, 0.1) is 0 Å². The monoisotopic (exact) mass is 316 g/mol. The van der Waals surface area contributed by atoms with Crippen LogP contribution in [0.3, 0.4) is 0 Å². The third kappa shape index (κ3) is 2.12. The number of pyridine rings is 1. The second-order valence-electron chi connectivity index (χ2n) is 7.29. The van der Waals surface area contributed by atoms with Gasteiger partial charge in [0.2, 0.25) is 0 Å². The Bertz CT molecular complexity index is 802. The molecule has 1 N–H and O–H groups in total. The number of carboxylic acid groups (broad SMARTS) is 1. The molecule has 6 nitrogen and oxygen atoms in total. The van der Waals surface area contributed by atoms with Crippen LogP contribution in [0.25, 0.3) is 5.65 Å². The van der Waals surface area contributed by atoms with E-state index >= 15 is 0 Å². The molecule has 6 heteroatoms. The lowest BCUT2D eigenvalue weighted by Crippen LogP contribution is -2.45. The highest BCUT2D eigenvalue weighted by atomic mass is 16.5. The van der Waals surface area contributed by atoms with Gasteiger partial charge in [0.15, 0.2) is 0 Å². The molecule has 122 valence electrons. The Hall–Kier alpha value is -2.08. The van der Waals surface area contributed by atoms with E-state index in [1.54, 1.807) is 16.7 Å². The lowest BCUT2D eigenvalue weighted by molar-refractivity contribution is 0.0154. The molecule has 4 heterocycles. The fourth-order valence-electron chi connectivity index (χ4n) is 3.93. The fourth-order valence-corrected chi connectivity index (χ4v) is 3.93. The molecule has 2 aliphatic heterocycles. The van der Waals surface area contributed by atoms with Gasteiger partial charge in [-0.2, -0.15) is 0 Å². The van der Waals surface area contributed by atoms with Gasteiger partial charge >= 0.3 is 5.97 Å². The molecule has 2 aromatic rings. The van der Waals surface area contributed by atoms with Crippen molar-refractivity contribution in [1.29, 1.82) is 0 Å². The van der Waals surface area contributed by atoms with Gasteiger partial charge in [-0.25, -0.2) is 9.78 Å². The second kappa shape index (κ2) is 4.47. The summed E-state index contributed by atoms with van der Waals surface area (Å²) in [4.78, 5) is 16.2. The van der Waals surface area contributed by atoms with Gasteiger partial charge in [0, 0.05) is 23.9 Å². The van der Waals surface area contributed by atoms with E-state index in [1.165, 1.54) is 0 Å². The Morgan fingerprint density at radius 2 is 2.17 bits per heavy atom. The summed E-state index contributed by atoms with van der Waals surface area (Å²) < 4.78 is 13.3. The molecule has 2 saturated heterocycles. The molecule has 1 saturated carbocycles.